The molecule has 84 valence electrons. The Kier molecular flexibility index (Phi) is 2.67. The Morgan fingerprint density at radius 2 is 2.25 bits per heavy atom. The van der Waals surface area contributed by atoms with Crippen LogP contribution >= 0.6 is 11.3 Å². The fourth-order valence-electron chi connectivity index (χ4n) is 2.38. The highest BCUT2D eigenvalue weighted by molar-refractivity contribution is 7.17. The molecule has 2 unspecified atom stereocenters. The zero-order chi connectivity index (χ0) is 11.0. The zero-order valence-corrected chi connectivity index (χ0v) is 9.74. The lowest BCUT2D eigenvalue weighted by atomic mass is 9.96. The Labute approximate surface area is 98.5 Å². The molecule has 1 aliphatic rings. The van der Waals surface area contributed by atoms with Crippen molar-refractivity contribution in [1.29, 1.82) is 0 Å². The number of rotatable bonds is 2. The van der Waals surface area contributed by atoms with Crippen molar-refractivity contribution >= 4 is 21.4 Å². The van der Waals surface area contributed by atoms with Gasteiger partial charge >= 0.3 is 0 Å². The first-order chi connectivity index (χ1) is 7.90. The van der Waals surface area contributed by atoms with Crippen LogP contribution in [0.5, 0.6) is 0 Å². The van der Waals surface area contributed by atoms with Gasteiger partial charge in [-0.1, -0.05) is 18.2 Å². The molecule has 0 radical (unpaired) electrons. The van der Waals surface area contributed by atoms with E-state index in [2.05, 4.69) is 29.6 Å². The Balaban J connectivity index is 2.05. The first-order valence-corrected chi connectivity index (χ1v) is 6.46. The summed E-state index contributed by atoms with van der Waals surface area (Å²) in [6, 6.07) is 8.38. The number of fused-ring (bicyclic) bond motifs is 1. The average molecular weight is 234 g/mol. The molecule has 1 N–H and O–H groups in total. The van der Waals surface area contributed by atoms with Gasteiger partial charge in [0.15, 0.2) is 0 Å². The van der Waals surface area contributed by atoms with Gasteiger partial charge in [-0.05, 0) is 28.8 Å². The van der Waals surface area contributed by atoms with Gasteiger partial charge in [0.25, 0.3) is 0 Å². The van der Waals surface area contributed by atoms with E-state index in [4.69, 9.17) is 4.74 Å². The SMILES string of the molecule is OCC1CCOC1c1csc2ccccc12. The summed E-state index contributed by atoms with van der Waals surface area (Å²) in [4.78, 5) is 0. The number of aliphatic hydroxyl groups excluding tert-OH is 1. The molecule has 0 aliphatic carbocycles. The topological polar surface area (TPSA) is 29.5 Å². The highest BCUT2D eigenvalue weighted by Gasteiger charge is 2.30. The van der Waals surface area contributed by atoms with E-state index in [-0.39, 0.29) is 18.6 Å². The summed E-state index contributed by atoms with van der Waals surface area (Å²) in [6.45, 7) is 0.981. The van der Waals surface area contributed by atoms with Crippen LogP contribution in [-0.2, 0) is 4.74 Å². The summed E-state index contributed by atoms with van der Waals surface area (Å²) < 4.78 is 7.05. The van der Waals surface area contributed by atoms with Crippen molar-refractivity contribution in [2.24, 2.45) is 5.92 Å². The first kappa shape index (κ1) is 10.3. The molecular formula is C13H14O2S. The predicted molar refractivity (Wildman–Crippen MR) is 65.7 cm³/mol. The van der Waals surface area contributed by atoms with Crippen LogP contribution in [0.3, 0.4) is 0 Å². The van der Waals surface area contributed by atoms with Crippen LogP contribution in [0.2, 0.25) is 0 Å². The van der Waals surface area contributed by atoms with Crippen LogP contribution in [0, 0.1) is 5.92 Å². The van der Waals surface area contributed by atoms with Gasteiger partial charge in [-0.25, -0.2) is 0 Å². The molecule has 3 heteroatoms. The molecule has 1 aromatic heterocycles. The molecule has 1 saturated heterocycles. The molecular weight excluding hydrogens is 220 g/mol. The fraction of sp³-hybridized carbons (Fsp3) is 0.385. The van der Waals surface area contributed by atoms with Crippen LogP contribution < -0.4 is 0 Å². The Morgan fingerprint density at radius 1 is 1.38 bits per heavy atom. The number of hydrogen-bond donors (Lipinski definition) is 1. The van der Waals surface area contributed by atoms with E-state index in [0.717, 1.165) is 13.0 Å². The lowest BCUT2D eigenvalue weighted by Gasteiger charge is -2.15. The molecule has 0 amide bonds. The summed E-state index contributed by atoms with van der Waals surface area (Å²) in [5.74, 6) is 0.262. The maximum atomic E-state index is 9.33. The summed E-state index contributed by atoms with van der Waals surface area (Å²) in [7, 11) is 0. The van der Waals surface area contributed by atoms with E-state index >= 15 is 0 Å². The average Bonchev–Trinajstić information content (AvgIpc) is 2.94. The number of hydrogen-bond acceptors (Lipinski definition) is 3. The van der Waals surface area contributed by atoms with Crippen molar-refractivity contribution in [3.63, 3.8) is 0 Å². The molecule has 1 fully saturated rings. The third-order valence-corrected chi connectivity index (χ3v) is 4.25. The second kappa shape index (κ2) is 4.17. The Bertz CT molecular complexity index is 491. The second-order valence-electron chi connectivity index (χ2n) is 4.21. The summed E-state index contributed by atoms with van der Waals surface area (Å²) in [5, 5.41) is 12.8. The van der Waals surface area contributed by atoms with Crippen molar-refractivity contribution in [3.8, 4) is 0 Å². The number of aliphatic hydroxyl groups is 1. The first-order valence-electron chi connectivity index (χ1n) is 5.58. The zero-order valence-electron chi connectivity index (χ0n) is 8.93. The fourth-order valence-corrected chi connectivity index (χ4v) is 3.37. The van der Waals surface area contributed by atoms with Crippen molar-refractivity contribution in [1.82, 2.24) is 0 Å². The van der Waals surface area contributed by atoms with Gasteiger partial charge in [0.05, 0.1) is 6.10 Å². The van der Waals surface area contributed by atoms with Gasteiger partial charge in [-0.2, -0.15) is 0 Å². The molecule has 0 saturated carbocycles. The van der Waals surface area contributed by atoms with Gasteiger partial charge in [0, 0.05) is 23.8 Å². The molecule has 16 heavy (non-hydrogen) atoms. The predicted octanol–water partition coefficient (Wildman–Crippen LogP) is 2.97. The quantitative estimate of drug-likeness (QED) is 0.865. The Morgan fingerprint density at radius 3 is 3.12 bits per heavy atom. The molecule has 3 rings (SSSR count). The molecule has 2 aromatic rings. The van der Waals surface area contributed by atoms with E-state index in [9.17, 15) is 5.11 Å². The van der Waals surface area contributed by atoms with Gasteiger partial charge in [-0.15, -0.1) is 11.3 Å². The molecule has 1 aromatic carbocycles. The number of thiophene rings is 1. The van der Waals surface area contributed by atoms with Crippen LogP contribution in [0.1, 0.15) is 18.1 Å². The molecule has 0 bridgehead atoms. The second-order valence-corrected chi connectivity index (χ2v) is 5.12. The monoisotopic (exact) mass is 234 g/mol. The van der Waals surface area contributed by atoms with Crippen molar-refractivity contribution < 1.29 is 9.84 Å². The van der Waals surface area contributed by atoms with Crippen LogP contribution in [0.4, 0.5) is 0 Å². The summed E-state index contributed by atoms with van der Waals surface area (Å²) in [6.07, 6.45) is 1.05. The van der Waals surface area contributed by atoms with Crippen molar-refractivity contribution in [2.45, 2.75) is 12.5 Å². The molecule has 0 spiro atoms. The van der Waals surface area contributed by atoms with Crippen LogP contribution in [0.25, 0.3) is 10.1 Å². The largest absolute Gasteiger partial charge is 0.396 e. The number of ether oxygens (including phenoxy) is 1. The van der Waals surface area contributed by atoms with E-state index in [0.29, 0.717) is 0 Å². The van der Waals surface area contributed by atoms with E-state index < -0.39 is 0 Å². The minimum atomic E-state index is 0.0844. The van der Waals surface area contributed by atoms with Gasteiger partial charge in [0.2, 0.25) is 0 Å². The minimum absolute atomic E-state index is 0.0844. The van der Waals surface area contributed by atoms with Crippen LogP contribution in [-0.4, -0.2) is 18.3 Å². The van der Waals surface area contributed by atoms with Crippen LogP contribution in [0.15, 0.2) is 29.6 Å². The molecule has 2 heterocycles. The maximum Gasteiger partial charge on any atom is 0.0889 e. The molecule has 2 nitrogen and oxygen atoms in total. The van der Waals surface area contributed by atoms with Gasteiger partial charge in [-0.3, -0.25) is 0 Å². The summed E-state index contributed by atoms with van der Waals surface area (Å²) in [5.41, 5.74) is 1.25. The third kappa shape index (κ3) is 1.56. The molecule has 2 atom stereocenters. The highest BCUT2D eigenvalue weighted by Crippen LogP contribution is 2.40. The maximum absolute atomic E-state index is 9.33. The van der Waals surface area contributed by atoms with Crippen molar-refractivity contribution in [3.05, 3.63) is 35.2 Å². The van der Waals surface area contributed by atoms with E-state index in [1.54, 1.807) is 11.3 Å². The molecule has 1 aliphatic heterocycles. The van der Waals surface area contributed by atoms with Gasteiger partial charge < -0.3 is 9.84 Å². The third-order valence-electron chi connectivity index (χ3n) is 3.27. The lowest BCUT2D eigenvalue weighted by molar-refractivity contribution is 0.0734. The smallest absolute Gasteiger partial charge is 0.0889 e. The van der Waals surface area contributed by atoms with E-state index in [1.165, 1.54) is 15.6 Å². The number of benzene rings is 1. The normalized spacial score (nSPS) is 25.3. The highest BCUT2D eigenvalue weighted by atomic mass is 32.1. The minimum Gasteiger partial charge on any atom is -0.396 e. The van der Waals surface area contributed by atoms with Gasteiger partial charge in [0.1, 0.15) is 0 Å². The lowest BCUT2D eigenvalue weighted by Crippen LogP contribution is -2.10. The van der Waals surface area contributed by atoms with Crippen molar-refractivity contribution in [2.75, 3.05) is 13.2 Å². The summed E-state index contributed by atoms with van der Waals surface area (Å²) >= 11 is 1.75. The standard InChI is InChI=1S/C13H14O2S/c14-7-9-5-6-15-13(9)11-8-16-12-4-2-1-3-10(11)12/h1-4,8-9,13-14H,5-7H2. The van der Waals surface area contributed by atoms with E-state index in [1.807, 2.05) is 0 Å². The Hall–Kier alpha value is -0.900.